The molecule has 0 aliphatic carbocycles. The van der Waals surface area contributed by atoms with Crippen molar-refractivity contribution in [1.29, 1.82) is 0 Å². The highest BCUT2D eigenvalue weighted by Crippen LogP contribution is 2.25. The van der Waals surface area contributed by atoms with Crippen molar-refractivity contribution in [1.82, 2.24) is 10.2 Å². The van der Waals surface area contributed by atoms with E-state index < -0.39 is 0 Å². The average molecular weight is 353 g/mol. The van der Waals surface area contributed by atoms with Gasteiger partial charge in [-0.25, -0.2) is 0 Å². The van der Waals surface area contributed by atoms with Crippen molar-refractivity contribution >= 4 is 17.5 Å². The van der Waals surface area contributed by atoms with Crippen LogP contribution in [0.25, 0.3) is 0 Å². The second-order valence-corrected chi connectivity index (χ2v) is 7.25. The van der Waals surface area contributed by atoms with Gasteiger partial charge in [-0.3, -0.25) is 9.69 Å². The van der Waals surface area contributed by atoms with Crippen LogP contribution in [0.1, 0.15) is 38.7 Å². The van der Waals surface area contributed by atoms with Gasteiger partial charge in [0, 0.05) is 19.0 Å². The fraction of sp³-hybridized carbons (Fsp3) is 0.632. The Labute approximate surface area is 150 Å². The van der Waals surface area contributed by atoms with Crippen LogP contribution in [0.5, 0.6) is 5.75 Å². The summed E-state index contributed by atoms with van der Waals surface area (Å²) in [6.45, 7) is 7.51. The molecule has 0 saturated carbocycles. The third-order valence-corrected chi connectivity index (χ3v) is 5.19. The van der Waals surface area contributed by atoms with Gasteiger partial charge in [0.05, 0.1) is 12.1 Å². The zero-order valence-electron chi connectivity index (χ0n) is 15.0. The number of benzene rings is 1. The zero-order chi connectivity index (χ0) is 17.5. The van der Waals surface area contributed by atoms with Gasteiger partial charge in [-0.2, -0.15) is 0 Å². The number of carbonyl (C=O) groups excluding carboxylic acids is 1. The summed E-state index contributed by atoms with van der Waals surface area (Å²) in [6.07, 6.45) is 3.69. The van der Waals surface area contributed by atoms with Gasteiger partial charge in [-0.15, -0.1) is 0 Å². The van der Waals surface area contributed by atoms with Gasteiger partial charge in [-0.05, 0) is 62.9 Å². The first kappa shape index (κ1) is 19.1. The normalized spacial score (nSPS) is 17.5. The maximum Gasteiger partial charge on any atom is 0.220 e. The summed E-state index contributed by atoms with van der Waals surface area (Å²) in [5.41, 5.74) is 1.05. The van der Waals surface area contributed by atoms with E-state index in [9.17, 15) is 4.79 Å². The fourth-order valence-electron chi connectivity index (χ4n) is 3.07. The molecule has 134 valence electrons. The zero-order valence-corrected chi connectivity index (χ0v) is 15.7. The standard InChI is InChI=1S/C19H29ClN2O2/c1-14-8-10-22(11-9-14)15(2)13-21-19(23)7-5-16-4-6-18(24-3)17(20)12-16/h4,6,12,14-15H,5,7-11,13H2,1-3H3,(H,21,23). The minimum absolute atomic E-state index is 0.0965. The fourth-order valence-corrected chi connectivity index (χ4v) is 3.35. The molecule has 0 aromatic heterocycles. The number of aryl methyl sites for hydroxylation is 1. The van der Waals surface area contributed by atoms with Crippen LogP contribution in [0, 0.1) is 5.92 Å². The molecule has 1 aliphatic heterocycles. The molecule has 1 aromatic carbocycles. The number of nitrogens with zero attached hydrogens (tertiary/aromatic N) is 1. The van der Waals surface area contributed by atoms with E-state index in [0.717, 1.165) is 31.1 Å². The summed E-state index contributed by atoms with van der Waals surface area (Å²) < 4.78 is 5.14. The van der Waals surface area contributed by atoms with Crippen molar-refractivity contribution in [3.63, 3.8) is 0 Å². The molecule has 1 heterocycles. The van der Waals surface area contributed by atoms with Crippen LogP contribution in [0.3, 0.4) is 0 Å². The molecular weight excluding hydrogens is 324 g/mol. The molecular formula is C19H29ClN2O2. The molecule has 0 spiro atoms. The van der Waals surface area contributed by atoms with Crippen LogP contribution in [0.4, 0.5) is 0 Å². The second kappa shape index (κ2) is 9.28. The molecule has 24 heavy (non-hydrogen) atoms. The lowest BCUT2D eigenvalue weighted by molar-refractivity contribution is -0.121. The predicted octanol–water partition coefficient (Wildman–Crippen LogP) is 3.52. The Balaban J connectivity index is 1.70. The number of ether oxygens (including phenoxy) is 1. The SMILES string of the molecule is COc1ccc(CCC(=O)NCC(C)N2CCC(C)CC2)cc1Cl. The van der Waals surface area contributed by atoms with Crippen LogP contribution in [0.2, 0.25) is 5.02 Å². The van der Waals surface area contributed by atoms with Crippen LogP contribution >= 0.6 is 11.6 Å². The van der Waals surface area contributed by atoms with E-state index >= 15 is 0 Å². The minimum Gasteiger partial charge on any atom is -0.495 e. The summed E-state index contributed by atoms with van der Waals surface area (Å²) in [4.78, 5) is 14.6. The number of carbonyl (C=O) groups is 1. The first-order chi connectivity index (χ1) is 11.5. The number of hydrogen-bond donors (Lipinski definition) is 1. The number of likely N-dealkylation sites (tertiary alicyclic amines) is 1. The molecule has 1 saturated heterocycles. The Morgan fingerprint density at radius 1 is 1.42 bits per heavy atom. The van der Waals surface area contributed by atoms with Crippen molar-refractivity contribution in [3.05, 3.63) is 28.8 Å². The molecule has 1 aromatic rings. The minimum atomic E-state index is 0.0965. The molecule has 2 rings (SSSR count). The van der Waals surface area contributed by atoms with E-state index in [4.69, 9.17) is 16.3 Å². The Bertz CT molecular complexity index is 542. The van der Waals surface area contributed by atoms with Crippen LogP contribution < -0.4 is 10.1 Å². The number of piperidine rings is 1. The number of hydrogen-bond acceptors (Lipinski definition) is 3. The van der Waals surface area contributed by atoms with Gasteiger partial charge in [0.15, 0.2) is 0 Å². The third-order valence-electron chi connectivity index (χ3n) is 4.89. The lowest BCUT2D eigenvalue weighted by atomic mass is 9.98. The topological polar surface area (TPSA) is 41.6 Å². The Kier molecular flexibility index (Phi) is 7.38. The van der Waals surface area contributed by atoms with E-state index in [2.05, 4.69) is 24.1 Å². The summed E-state index contributed by atoms with van der Waals surface area (Å²) in [6, 6.07) is 6.06. The summed E-state index contributed by atoms with van der Waals surface area (Å²) in [5.74, 6) is 1.59. The van der Waals surface area contributed by atoms with Crippen molar-refractivity contribution < 1.29 is 9.53 Å². The monoisotopic (exact) mass is 352 g/mol. The van der Waals surface area contributed by atoms with E-state index in [-0.39, 0.29) is 5.91 Å². The van der Waals surface area contributed by atoms with Crippen LogP contribution in [-0.4, -0.2) is 43.6 Å². The van der Waals surface area contributed by atoms with Gasteiger partial charge in [0.25, 0.3) is 0 Å². The Hall–Kier alpha value is -1.26. The lowest BCUT2D eigenvalue weighted by Crippen LogP contribution is -2.45. The van der Waals surface area contributed by atoms with Crippen molar-refractivity contribution in [3.8, 4) is 5.75 Å². The summed E-state index contributed by atoms with van der Waals surface area (Å²) in [5, 5.41) is 3.65. The molecule has 1 amide bonds. The number of amides is 1. The largest absolute Gasteiger partial charge is 0.495 e. The second-order valence-electron chi connectivity index (χ2n) is 6.84. The molecule has 0 radical (unpaired) electrons. The molecule has 1 aliphatic rings. The van der Waals surface area contributed by atoms with E-state index in [1.807, 2.05) is 18.2 Å². The van der Waals surface area contributed by atoms with Gasteiger partial charge in [-0.1, -0.05) is 24.6 Å². The van der Waals surface area contributed by atoms with E-state index in [1.165, 1.54) is 12.8 Å². The quantitative estimate of drug-likeness (QED) is 0.816. The van der Waals surface area contributed by atoms with Gasteiger partial charge in [0.1, 0.15) is 5.75 Å². The van der Waals surface area contributed by atoms with Crippen molar-refractivity contribution in [2.24, 2.45) is 5.92 Å². The first-order valence-corrected chi connectivity index (χ1v) is 9.20. The smallest absolute Gasteiger partial charge is 0.220 e. The van der Waals surface area contributed by atoms with Crippen molar-refractivity contribution in [2.45, 2.75) is 45.6 Å². The summed E-state index contributed by atoms with van der Waals surface area (Å²) >= 11 is 6.11. The lowest BCUT2D eigenvalue weighted by Gasteiger charge is -2.35. The van der Waals surface area contributed by atoms with Gasteiger partial charge >= 0.3 is 0 Å². The van der Waals surface area contributed by atoms with Crippen LogP contribution in [-0.2, 0) is 11.2 Å². The highest BCUT2D eigenvalue weighted by atomic mass is 35.5. The third kappa shape index (κ3) is 5.67. The Morgan fingerprint density at radius 2 is 2.12 bits per heavy atom. The molecule has 1 unspecified atom stereocenters. The molecule has 4 nitrogen and oxygen atoms in total. The maximum atomic E-state index is 12.1. The summed E-state index contributed by atoms with van der Waals surface area (Å²) in [7, 11) is 1.60. The number of nitrogens with one attached hydrogen (secondary N) is 1. The van der Waals surface area contributed by atoms with Gasteiger partial charge in [0.2, 0.25) is 5.91 Å². The number of rotatable bonds is 7. The molecule has 1 N–H and O–H groups in total. The number of methoxy groups -OCH3 is 1. The first-order valence-electron chi connectivity index (χ1n) is 8.82. The van der Waals surface area contributed by atoms with Crippen LogP contribution in [0.15, 0.2) is 18.2 Å². The maximum absolute atomic E-state index is 12.1. The Morgan fingerprint density at radius 3 is 2.75 bits per heavy atom. The van der Waals surface area contributed by atoms with Gasteiger partial charge < -0.3 is 10.1 Å². The average Bonchev–Trinajstić information content (AvgIpc) is 2.58. The highest BCUT2D eigenvalue weighted by molar-refractivity contribution is 6.32. The molecule has 0 bridgehead atoms. The molecule has 1 atom stereocenters. The van der Waals surface area contributed by atoms with E-state index in [1.54, 1.807) is 7.11 Å². The van der Waals surface area contributed by atoms with E-state index in [0.29, 0.717) is 29.7 Å². The molecule has 5 heteroatoms. The predicted molar refractivity (Wildman–Crippen MR) is 98.8 cm³/mol. The molecule has 1 fully saturated rings. The number of halogens is 1. The van der Waals surface area contributed by atoms with Crippen molar-refractivity contribution in [2.75, 3.05) is 26.7 Å². The highest BCUT2D eigenvalue weighted by Gasteiger charge is 2.20.